The van der Waals surface area contributed by atoms with Crippen LogP contribution in [0.15, 0.2) is 48.7 Å². The van der Waals surface area contributed by atoms with Crippen LogP contribution in [0.2, 0.25) is 0 Å². The van der Waals surface area contributed by atoms with Crippen LogP contribution in [0.5, 0.6) is 0 Å². The molecule has 5 rings (SSSR count). The summed E-state index contributed by atoms with van der Waals surface area (Å²) in [6, 6.07) is 15.2. The van der Waals surface area contributed by atoms with Gasteiger partial charge in [-0.2, -0.15) is 5.10 Å². The van der Waals surface area contributed by atoms with Crippen molar-refractivity contribution in [2.75, 3.05) is 31.1 Å². The standard InChI is InChI=1S/C19H20N4/c1-14-3-2-4-17(7-14)23-18-8-16(6-5-15(18)9-21-23)22-12-19(13-22)10-20-11-19/h2-9,20H,10-13H2,1H3. The Hall–Kier alpha value is -2.33. The predicted octanol–water partition coefficient (Wildman–Crippen LogP) is 2.74. The van der Waals surface area contributed by atoms with Gasteiger partial charge in [-0.25, -0.2) is 4.68 Å². The van der Waals surface area contributed by atoms with Crippen molar-refractivity contribution in [2.45, 2.75) is 6.92 Å². The Labute approximate surface area is 135 Å². The van der Waals surface area contributed by atoms with Crippen molar-refractivity contribution in [3.63, 3.8) is 0 Å². The minimum atomic E-state index is 0.547. The van der Waals surface area contributed by atoms with Crippen molar-refractivity contribution in [3.05, 3.63) is 54.2 Å². The molecule has 2 aliphatic heterocycles. The molecule has 1 spiro atoms. The average molecular weight is 304 g/mol. The van der Waals surface area contributed by atoms with Gasteiger partial charge >= 0.3 is 0 Å². The van der Waals surface area contributed by atoms with E-state index in [4.69, 9.17) is 0 Å². The SMILES string of the molecule is Cc1cccc(-n2ncc3ccc(N4CC5(CNC5)C4)cc32)c1. The maximum atomic E-state index is 4.60. The zero-order valence-electron chi connectivity index (χ0n) is 13.3. The van der Waals surface area contributed by atoms with E-state index in [9.17, 15) is 0 Å². The van der Waals surface area contributed by atoms with Crippen molar-refractivity contribution in [1.82, 2.24) is 15.1 Å². The molecular weight excluding hydrogens is 284 g/mol. The van der Waals surface area contributed by atoms with Crippen LogP contribution >= 0.6 is 0 Å². The highest BCUT2D eigenvalue weighted by molar-refractivity contribution is 5.84. The van der Waals surface area contributed by atoms with Gasteiger partial charge in [0.15, 0.2) is 0 Å². The monoisotopic (exact) mass is 304 g/mol. The van der Waals surface area contributed by atoms with Crippen LogP contribution in [0.1, 0.15) is 5.56 Å². The number of aromatic nitrogens is 2. The summed E-state index contributed by atoms with van der Waals surface area (Å²) in [4.78, 5) is 2.48. The maximum Gasteiger partial charge on any atom is 0.0761 e. The molecule has 2 saturated heterocycles. The van der Waals surface area contributed by atoms with Crippen LogP contribution in [0.4, 0.5) is 5.69 Å². The number of nitrogens with one attached hydrogen (secondary N) is 1. The van der Waals surface area contributed by atoms with E-state index in [1.54, 1.807) is 0 Å². The summed E-state index contributed by atoms with van der Waals surface area (Å²) in [5, 5.41) is 9.18. The van der Waals surface area contributed by atoms with Gasteiger partial charge in [0, 0.05) is 42.7 Å². The molecule has 0 aliphatic carbocycles. The molecule has 116 valence electrons. The number of anilines is 1. The molecule has 3 aromatic rings. The fraction of sp³-hybridized carbons (Fsp3) is 0.316. The Morgan fingerprint density at radius 2 is 1.91 bits per heavy atom. The third kappa shape index (κ3) is 1.98. The molecule has 2 aromatic carbocycles. The van der Waals surface area contributed by atoms with Crippen molar-refractivity contribution < 1.29 is 0 Å². The minimum absolute atomic E-state index is 0.547. The Balaban J connectivity index is 1.53. The van der Waals surface area contributed by atoms with Gasteiger partial charge in [0.1, 0.15) is 0 Å². The number of aryl methyl sites for hydroxylation is 1. The highest BCUT2D eigenvalue weighted by Gasteiger charge is 2.47. The van der Waals surface area contributed by atoms with Crippen LogP contribution in [0.3, 0.4) is 0 Å². The Morgan fingerprint density at radius 3 is 2.65 bits per heavy atom. The number of hydrogen-bond donors (Lipinski definition) is 1. The fourth-order valence-corrected chi connectivity index (χ4v) is 3.82. The fourth-order valence-electron chi connectivity index (χ4n) is 3.82. The second kappa shape index (κ2) is 4.59. The summed E-state index contributed by atoms with van der Waals surface area (Å²) in [5.41, 5.74) is 5.42. The first-order valence-corrected chi connectivity index (χ1v) is 8.23. The van der Waals surface area contributed by atoms with Gasteiger partial charge in [-0.3, -0.25) is 0 Å². The summed E-state index contributed by atoms with van der Waals surface area (Å²) >= 11 is 0. The lowest BCUT2D eigenvalue weighted by atomic mass is 9.74. The zero-order chi connectivity index (χ0) is 15.4. The predicted molar refractivity (Wildman–Crippen MR) is 93.3 cm³/mol. The number of benzene rings is 2. The topological polar surface area (TPSA) is 33.1 Å². The van der Waals surface area contributed by atoms with Crippen LogP contribution in [0.25, 0.3) is 16.6 Å². The second-order valence-electron chi connectivity index (χ2n) is 7.10. The van der Waals surface area contributed by atoms with Crippen molar-refractivity contribution in [2.24, 2.45) is 5.41 Å². The molecule has 2 aliphatic rings. The van der Waals surface area contributed by atoms with E-state index < -0.39 is 0 Å². The van der Waals surface area contributed by atoms with Crippen LogP contribution in [-0.2, 0) is 0 Å². The van der Waals surface area contributed by atoms with E-state index in [1.807, 2.05) is 10.9 Å². The lowest BCUT2D eigenvalue weighted by molar-refractivity contribution is 0.121. The van der Waals surface area contributed by atoms with Crippen LogP contribution < -0.4 is 10.2 Å². The first kappa shape index (κ1) is 13.1. The molecule has 0 unspecified atom stereocenters. The van der Waals surface area contributed by atoms with Crippen LogP contribution in [0, 0.1) is 12.3 Å². The summed E-state index contributed by atoms with van der Waals surface area (Å²) in [5.74, 6) is 0. The Bertz CT molecular complexity index is 883. The number of rotatable bonds is 2. The molecule has 4 nitrogen and oxygen atoms in total. The van der Waals surface area contributed by atoms with Crippen molar-refractivity contribution >= 4 is 16.6 Å². The Kier molecular flexibility index (Phi) is 2.62. The molecule has 1 aromatic heterocycles. The minimum Gasteiger partial charge on any atom is -0.370 e. The van der Waals surface area contributed by atoms with Gasteiger partial charge in [0.2, 0.25) is 0 Å². The van der Waals surface area contributed by atoms with Gasteiger partial charge < -0.3 is 10.2 Å². The summed E-state index contributed by atoms with van der Waals surface area (Å²) < 4.78 is 2.05. The van der Waals surface area contributed by atoms with Gasteiger partial charge in [-0.15, -0.1) is 0 Å². The molecule has 0 saturated carbocycles. The molecule has 4 heteroatoms. The molecule has 0 amide bonds. The lowest BCUT2D eigenvalue weighted by Crippen LogP contribution is -2.71. The highest BCUT2D eigenvalue weighted by atomic mass is 15.3. The van der Waals surface area contributed by atoms with Crippen LogP contribution in [-0.4, -0.2) is 36.0 Å². The van der Waals surface area contributed by atoms with Gasteiger partial charge in [0.05, 0.1) is 17.4 Å². The van der Waals surface area contributed by atoms with E-state index in [-0.39, 0.29) is 0 Å². The smallest absolute Gasteiger partial charge is 0.0761 e. The molecule has 1 N–H and O–H groups in total. The summed E-state index contributed by atoms with van der Waals surface area (Å²) in [7, 11) is 0. The normalized spacial score (nSPS) is 18.9. The van der Waals surface area contributed by atoms with E-state index in [0.29, 0.717) is 5.41 Å². The maximum absolute atomic E-state index is 4.60. The lowest BCUT2D eigenvalue weighted by Gasteiger charge is -2.57. The third-order valence-electron chi connectivity index (χ3n) is 5.22. The van der Waals surface area contributed by atoms with E-state index in [1.165, 1.54) is 48.3 Å². The van der Waals surface area contributed by atoms with E-state index in [2.05, 4.69) is 64.7 Å². The summed E-state index contributed by atoms with van der Waals surface area (Å²) in [6.45, 7) is 6.81. The quantitative estimate of drug-likeness (QED) is 0.790. The molecule has 0 atom stereocenters. The molecule has 3 heterocycles. The molecule has 0 radical (unpaired) electrons. The van der Waals surface area contributed by atoms with E-state index >= 15 is 0 Å². The third-order valence-corrected chi connectivity index (χ3v) is 5.22. The largest absolute Gasteiger partial charge is 0.370 e. The molecular formula is C19H20N4. The highest BCUT2D eigenvalue weighted by Crippen LogP contribution is 2.38. The van der Waals surface area contributed by atoms with Gasteiger partial charge in [-0.1, -0.05) is 12.1 Å². The average Bonchev–Trinajstić information content (AvgIpc) is 2.87. The van der Waals surface area contributed by atoms with Gasteiger partial charge in [-0.05, 0) is 42.8 Å². The van der Waals surface area contributed by atoms with E-state index in [0.717, 1.165) is 5.69 Å². The molecule has 23 heavy (non-hydrogen) atoms. The number of fused-ring (bicyclic) bond motifs is 1. The number of hydrogen-bond acceptors (Lipinski definition) is 3. The zero-order valence-corrected chi connectivity index (χ0v) is 13.3. The second-order valence-corrected chi connectivity index (χ2v) is 7.10. The number of nitrogens with zero attached hydrogens (tertiary/aromatic N) is 3. The summed E-state index contributed by atoms with van der Waals surface area (Å²) in [6.07, 6.45) is 1.95. The molecule has 2 fully saturated rings. The first-order valence-electron chi connectivity index (χ1n) is 8.23. The Morgan fingerprint density at radius 1 is 1.04 bits per heavy atom. The van der Waals surface area contributed by atoms with Gasteiger partial charge in [0.25, 0.3) is 0 Å². The van der Waals surface area contributed by atoms with Crippen molar-refractivity contribution in [1.29, 1.82) is 0 Å². The molecule has 0 bridgehead atoms. The van der Waals surface area contributed by atoms with Crippen molar-refractivity contribution in [3.8, 4) is 5.69 Å². The first-order chi connectivity index (χ1) is 11.2.